The van der Waals surface area contributed by atoms with Gasteiger partial charge in [0.25, 0.3) is 0 Å². The van der Waals surface area contributed by atoms with Crippen LogP contribution in [0.3, 0.4) is 0 Å². The Morgan fingerprint density at radius 3 is 1.48 bits per heavy atom. The molecule has 0 aromatic heterocycles. The van der Waals surface area contributed by atoms with Crippen molar-refractivity contribution in [2.24, 2.45) is 10.8 Å². The van der Waals surface area contributed by atoms with Crippen molar-refractivity contribution in [2.45, 2.75) is 100 Å². The van der Waals surface area contributed by atoms with E-state index in [1.165, 1.54) is 41.5 Å². The van der Waals surface area contributed by atoms with Crippen molar-refractivity contribution in [3.8, 4) is 0 Å². The van der Waals surface area contributed by atoms with Crippen LogP contribution in [-0.2, 0) is 24.7 Å². The predicted molar refractivity (Wildman–Crippen MR) is 132 cm³/mol. The summed E-state index contributed by atoms with van der Waals surface area (Å²) in [6.45, 7) is 22.8. The van der Waals surface area contributed by atoms with Gasteiger partial charge < -0.3 is 0 Å². The van der Waals surface area contributed by atoms with Gasteiger partial charge in [-0.05, 0) is 57.8 Å². The van der Waals surface area contributed by atoms with Crippen molar-refractivity contribution in [3.63, 3.8) is 0 Å². The molecule has 0 fully saturated rings. The number of benzene rings is 2. The fraction of sp³-hybridized carbons (Fsp3) is 0.586. The maximum Gasteiger partial charge on any atom is -0.0132 e. The highest BCUT2D eigenvalue weighted by Gasteiger charge is 2.16. The summed E-state index contributed by atoms with van der Waals surface area (Å²) in [5.41, 5.74) is 6.87. The molecule has 0 spiro atoms. The van der Waals surface area contributed by atoms with Crippen LogP contribution in [0, 0.1) is 10.8 Å². The summed E-state index contributed by atoms with van der Waals surface area (Å²) < 4.78 is 0. The zero-order valence-corrected chi connectivity index (χ0v) is 20.9. The van der Waals surface area contributed by atoms with Gasteiger partial charge in [0, 0.05) is 0 Å². The molecule has 0 atom stereocenters. The summed E-state index contributed by atoms with van der Waals surface area (Å²) in [6, 6.07) is 18.0. The Kier molecular flexibility index (Phi) is 9.19. The van der Waals surface area contributed by atoms with Crippen LogP contribution in [0.2, 0.25) is 0 Å². The Labute approximate surface area is 182 Å². The van der Waals surface area contributed by atoms with Gasteiger partial charge in [-0.25, -0.2) is 0 Å². The van der Waals surface area contributed by atoms with Gasteiger partial charge in [-0.1, -0.05) is 124 Å². The molecule has 0 radical (unpaired) electrons. The molecule has 0 unspecified atom stereocenters. The third kappa shape index (κ3) is 11.3. The number of hydrogen-bond acceptors (Lipinski definition) is 0. The van der Waals surface area contributed by atoms with E-state index >= 15 is 0 Å². The van der Waals surface area contributed by atoms with Crippen molar-refractivity contribution in [1.29, 1.82) is 0 Å². The van der Waals surface area contributed by atoms with Crippen LogP contribution in [0.25, 0.3) is 0 Å². The Morgan fingerprint density at radius 2 is 1.03 bits per heavy atom. The first-order chi connectivity index (χ1) is 13.2. The van der Waals surface area contributed by atoms with E-state index in [4.69, 9.17) is 0 Å². The molecule has 0 saturated carbocycles. The van der Waals surface area contributed by atoms with Crippen molar-refractivity contribution < 1.29 is 0 Å². The van der Waals surface area contributed by atoms with Crippen LogP contribution in [0.4, 0.5) is 0 Å². The summed E-state index contributed by atoms with van der Waals surface area (Å²) in [4.78, 5) is 0. The van der Waals surface area contributed by atoms with Crippen LogP contribution in [-0.4, -0.2) is 0 Å². The molecule has 0 saturated heterocycles. The monoisotopic (exact) mass is 394 g/mol. The standard InChI is InChI=1S/C15H24.C14H22/c1-14(2,3)11-12-8-7-9-13(10-12)15(4,5)6;1-5-7-12-8-6-9-13(10-12)11-14(2,3)4/h7-10H,11H2,1-6H3;6,8-10H,5,7,11H2,1-4H3. The number of hydrogen-bond donors (Lipinski definition) is 0. The van der Waals surface area contributed by atoms with E-state index in [0.717, 1.165) is 6.42 Å². The van der Waals surface area contributed by atoms with E-state index in [0.29, 0.717) is 10.8 Å². The SMILES string of the molecule is CC(C)(C)Cc1cccc(C(C)(C)C)c1.CCCc1cccc(CC(C)(C)C)c1. The van der Waals surface area contributed by atoms with Crippen molar-refractivity contribution in [2.75, 3.05) is 0 Å². The smallest absolute Gasteiger partial charge is 0.0132 e. The van der Waals surface area contributed by atoms with Crippen LogP contribution < -0.4 is 0 Å². The molecular weight excluding hydrogens is 348 g/mol. The molecule has 0 bridgehead atoms. The molecule has 0 N–H and O–H groups in total. The van der Waals surface area contributed by atoms with E-state index in [9.17, 15) is 0 Å². The normalized spacial score (nSPS) is 12.3. The molecule has 0 amide bonds. The molecule has 2 aromatic carbocycles. The molecule has 0 aliphatic heterocycles. The number of rotatable bonds is 4. The lowest BCUT2D eigenvalue weighted by Gasteiger charge is -2.22. The van der Waals surface area contributed by atoms with Crippen LogP contribution >= 0.6 is 0 Å². The highest BCUT2D eigenvalue weighted by molar-refractivity contribution is 5.29. The molecule has 0 nitrogen and oxygen atoms in total. The maximum absolute atomic E-state index is 2.36. The van der Waals surface area contributed by atoms with Gasteiger partial charge in [0.15, 0.2) is 0 Å². The van der Waals surface area contributed by atoms with E-state index in [1.54, 1.807) is 0 Å². The third-order valence-corrected chi connectivity index (χ3v) is 4.79. The van der Waals surface area contributed by atoms with Gasteiger partial charge in [0.2, 0.25) is 0 Å². The number of aryl methyl sites for hydroxylation is 1. The summed E-state index contributed by atoms with van der Waals surface area (Å²) in [7, 11) is 0. The molecule has 0 heteroatoms. The van der Waals surface area contributed by atoms with Crippen LogP contribution in [0.5, 0.6) is 0 Å². The molecule has 0 aliphatic carbocycles. The van der Waals surface area contributed by atoms with Gasteiger partial charge >= 0.3 is 0 Å². The maximum atomic E-state index is 2.36. The first-order valence-electron chi connectivity index (χ1n) is 11.4. The van der Waals surface area contributed by atoms with Crippen LogP contribution in [0.1, 0.15) is 97.9 Å². The lowest BCUT2D eigenvalue weighted by atomic mass is 9.83. The predicted octanol–water partition coefficient (Wildman–Crippen LogP) is 8.80. The minimum atomic E-state index is 0.258. The van der Waals surface area contributed by atoms with Gasteiger partial charge in [0.05, 0.1) is 0 Å². The first-order valence-corrected chi connectivity index (χ1v) is 11.4. The van der Waals surface area contributed by atoms with Crippen molar-refractivity contribution in [1.82, 2.24) is 0 Å². The second kappa shape index (κ2) is 10.5. The van der Waals surface area contributed by atoms with E-state index in [2.05, 4.69) is 118 Å². The second-order valence-corrected chi connectivity index (χ2v) is 12.0. The minimum Gasteiger partial charge on any atom is -0.0651 e. The minimum absolute atomic E-state index is 0.258. The highest BCUT2D eigenvalue weighted by atomic mass is 14.2. The average molecular weight is 395 g/mol. The molecular formula is C29H46. The molecule has 29 heavy (non-hydrogen) atoms. The summed E-state index contributed by atoms with van der Waals surface area (Å²) >= 11 is 0. The molecule has 2 rings (SSSR count). The summed E-state index contributed by atoms with van der Waals surface area (Å²) in [6.07, 6.45) is 4.76. The molecule has 0 heterocycles. The second-order valence-electron chi connectivity index (χ2n) is 12.0. The Balaban J connectivity index is 0.000000291. The van der Waals surface area contributed by atoms with E-state index in [-0.39, 0.29) is 5.41 Å². The van der Waals surface area contributed by atoms with Crippen molar-refractivity contribution >= 4 is 0 Å². The molecule has 162 valence electrons. The van der Waals surface area contributed by atoms with E-state index in [1.807, 2.05) is 0 Å². The first kappa shape index (κ1) is 25.5. The largest absolute Gasteiger partial charge is 0.0651 e. The fourth-order valence-electron chi connectivity index (χ4n) is 3.56. The fourth-order valence-corrected chi connectivity index (χ4v) is 3.56. The lowest BCUT2D eigenvalue weighted by Crippen LogP contribution is -2.13. The van der Waals surface area contributed by atoms with Gasteiger partial charge in [0.1, 0.15) is 0 Å². The summed E-state index contributed by atoms with van der Waals surface area (Å²) in [5.74, 6) is 0. The van der Waals surface area contributed by atoms with E-state index < -0.39 is 0 Å². The van der Waals surface area contributed by atoms with Gasteiger partial charge in [-0.3, -0.25) is 0 Å². The van der Waals surface area contributed by atoms with Crippen LogP contribution in [0.15, 0.2) is 48.5 Å². The lowest BCUT2D eigenvalue weighted by molar-refractivity contribution is 0.410. The third-order valence-electron chi connectivity index (χ3n) is 4.79. The molecule has 2 aromatic rings. The topological polar surface area (TPSA) is 0 Å². The van der Waals surface area contributed by atoms with Crippen molar-refractivity contribution in [3.05, 3.63) is 70.8 Å². The Hall–Kier alpha value is -1.56. The highest BCUT2D eigenvalue weighted by Crippen LogP contribution is 2.26. The zero-order chi connectivity index (χ0) is 22.3. The molecule has 0 aliphatic rings. The van der Waals surface area contributed by atoms with Gasteiger partial charge in [-0.2, -0.15) is 0 Å². The Bertz CT molecular complexity index is 730. The quantitative estimate of drug-likeness (QED) is 0.486. The zero-order valence-electron chi connectivity index (χ0n) is 20.9. The van der Waals surface area contributed by atoms with Gasteiger partial charge in [-0.15, -0.1) is 0 Å². The average Bonchev–Trinajstić information content (AvgIpc) is 2.52. The Morgan fingerprint density at radius 1 is 0.586 bits per heavy atom. The summed E-state index contributed by atoms with van der Waals surface area (Å²) in [5, 5.41) is 0.